The molecular weight excluding hydrogens is 238 g/mol. The van der Waals surface area contributed by atoms with E-state index in [0.717, 1.165) is 0 Å². The van der Waals surface area contributed by atoms with Gasteiger partial charge in [0.25, 0.3) is 0 Å². The summed E-state index contributed by atoms with van der Waals surface area (Å²) in [6.07, 6.45) is 0.142. The summed E-state index contributed by atoms with van der Waals surface area (Å²) >= 11 is 5.16. The normalized spacial score (nSPS) is 12.7. The minimum Gasteiger partial charge on any atom is -0.381 e. The molecule has 0 aromatic carbocycles. The van der Waals surface area contributed by atoms with Gasteiger partial charge in [0.1, 0.15) is 0 Å². The summed E-state index contributed by atoms with van der Waals surface area (Å²) in [4.78, 5) is 22.8. The minimum atomic E-state index is -0.483. The van der Waals surface area contributed by atoms with Gasteiger partial charge in [-0.05, 0) is 5.41 Å². The van der Waals surface area contributed by atoms with Crippen molar-refractivity contribution in [3.8, 4) is 0 Å². The molecule has 1 atom stereocenters. The number of hydrogen-bond donors (Lipinski definition) is 3. The summed E-state index contributed by atoms with van der Waals surface area (Å²) in [5.74, 6) is -0.704. The van der Waals surface area contributed by atoms with Crippen LogP contribution >= 0.6 is 12.2 Å². The van der Waals surface area contributed by atoms with Crippen LogP contribution in [0.3, 0.4) is 0 Å². The fourth-order valence-electron chi connectivity index (χ4n) is 1.29. The molecule has 0 aliphatic carbocycles. The number of likely N-dealkylation sites (N-methyl/N-ethyl adjacent to an activating group) is 1. The molecule has 0 bridgehead atoms. The molecule has 98 valence electrons. The lowest BCUT2D eigenvalue weighted by molar-refractivity contribution is -0.125. The number of rotatable bonds is 5. The Morgan fingerprint density at radius 2 is 1.82 bits per heavy atom. The number of carbonyl (C=O) groups excluding carboxylic acids is 2. The average molecular weight is 259 g/mol. The van der Waals surface area contributed by atoms with Gasteiger partial charge >= 0.3 is 0 Å². The van der Waals surface area contributed by atoms with Gasteiger partial charge in [0.15, 0.2) is 0 Å². The fourth-order valence-corrected chi connectivity index (χ4v) is 1.70. The molecule has 0 heterocycles. The second-order valence-electron chi connectivity index (χ2n) is 4.95. The average Bonchev–Trinajstić information content (AvgIpc) is 2.20. The number of nitrogens with two attached hydrogens (primary N) is 1. The Bertz CT molecular complexity index is 310. The van der Waals surface area contributed by atoms with Crippen molar-refractivity contribution in [1.29, 1.82) is 0 Å². The van der Waals surface area contributed by atoms with Gasteiger partial charge in [0.05, 0.1) is 11.0 Å². The Balaban J connectivity index is 4.50. The van der Waals surface area contributed by atoms with E-state index in [1.54, 1.807) is 7.05 Å². The highest BCUT2D eigenvalue weighted by Gasteiger charge is 2.29. The third kappa shape index (κ3) is 6.21. The van der Waals surface area contributed by atoms with Crippen LogP contribution < -0.4 is 16.4 Å². The van der Waals surface area contributed by atoms with E-state index < -0.39 is 5.91 Å². The molecule has 2 amide bonds. The third-order valence-corrected chi connectivity index (χ3v) is 2.72. The maximum atomic E-state index is 11.6. The summed E-state index contributed by atoms with van der Waals surface area (Å²) in [6, 6.07) is -0.261. The highest BCUT2D eigenvalue weighted by molar-refractivity contribution is 7.80. The summed E-state index contributed by atoms with van der Waals surface area (Å²) in [6.45, 7) is 5.95. The van der Waals surface area contributed by atoms with Crippen molar-refractivity contribution in [2.75, 3.05) is 7.05 Å². The number of thiocarbonyl (C=S) groups is 1. The number of primary amides is 1. The van der Waals surface area contributed by atoms with Crippen molar-refractivity contribution in [2.24, 2.45) is 11.1 Å². The Morgan fingerprint density at radius 3 is 2.18 bits per heavy atom. The number of amides is 2. The van der Waals surface area contributed by atoms with E-state index in [1.165, 1.54) is 0 Å². The van der Waals surface area contributed by atoms with Crippen molar-refractivity contribution in [3.05, 3.63) is 0 Å². The van der Waals surface area contributed by atoms with Crippen LogP contribution in [0.1, 0.15) is 33.6 Å². The van der Waals surface area contributed by atoms with Crippen LogP contribution in [-0.4, -0.2) is 29.9 Å². The van der Waals surface area contributed by atoms with Crippen molar-refractivity contribution in [1.82, 2.24) is 10.6 Å². The van der Waals surface area contributed by atoms with Crippen LogP contribution in [0.25, 0.3) is 0 Å². The van der Waals surface area contributed by atoms with Gasteiger partial charge in [-0.25, -0.2) is 0 Å². The summed E-state index contributed by atoms with van der Waals surface area (Å²) in [7, 11) is 1.72. The maximum Gasteiger partial charge on any atom is 0.221 e. The van der Waals surface area contributed by atoms with Gasteiger partial charge in [0, 0.05) is 19.9 Å². The molecule has 0 aromatic rings. The Hall–Kier alpha value is -1.17. The quantitative estimate of drug-likeness (QED) is 0.621. The van der Waals surface area contributed by atoms with E-state index in [-0.39, 0.29) is 30.2 Å². The predicted molar refractivity (Wildman–Crippen MR) is 71.5 cm³/mol. The fraction of sp³-hybridized carbons (Fsp3) is 0.727. The molecule has 4 N–H and O–H groups in total. The number of hydrogen-bond acceptors (Lipinski definition) is 3. The molecule has 0 saturated heterocycles. The van der Waals surface area contributed by atoms with Crippen LogP contribution in [0.5, 0.6) is 0 Å². The molecule has 0 saturated carbocycles. The van der Waals surface area contributed by atoms with Crippen LogP contribution in [0, 0.1) is 5.41 Å². The standard InChI is InChI=1S/C11H21N3O2S/c1-11(2,3)9(10(17)13-4)14-8(16)6-5-7(12)15/h9H,5-6H2,1-4H3,(H2,12,15)(H,13,17)(H,14,16)/t9-/m1/s1. The van der Waals surface area contributed by atoms with E-state index in [4.69, 9.17) is 18.0 Å². The molecule has 5 nitrogen and oxygen atoms in total. The van der Waals surface area contributed by atoms with Crippen molar-refractivity contribution < 1.29 is 9.59 Å². The first-order valence-corrected chi connectivity index (χ1v) is 5.88. The summed E-state index contributed by atoms with van der Waals surface area (Å²) < 4.78 is 0. The molecule has 0 aliphatic heterocycles. The Kier molecular flexibility index (Phi) is 6.09. The second kappa shape index (κ2) is 6.54. The zero-order valence-electron chi connectivity index (χ0n) is 10.8. The van der Waals surface area contributed by atoms with Crippen molar-refractivity contribution >= 4 is 29.0 Å². The SMILES string of the molecule is CNC(=S)[C@@H](NC(=O)CCC(N)=O)C(C)(C)C. The van der Waals surface area contributed by atoms with E-state index in [0.29, 0.717) is 4.99 Å². The lowest BCUT2D eigenvalue weighted by atomic mass is 9.86. The Labute approximate surface area is 108 Å². The minimum absolute atomic E-state index is 0.0506. The van der Waals surface area contributed by atoms with E-state index in [1.807, 2.05) is 20.8 Å². The lowest BCUT2D eigenvalue weighted by Gasteiger charge is -2.31. The molecule has 0 aliphatic rings. The molecule has 0 spiro atoms. The molecule has 6 heteroatoms. The molecule has 17 heavy (non-hydrogen) atoms. The largest absolute Gasteiger partial charge is 0.381 e. The highest BCUT2D eigenvalue weighted by Crippen LogP contribution is 2.20. The smallest absolute Gasteiger partial charge is 0.221 e. The van der Waals surface area contributed by atoms with Crippen LogP contribution in [0.4, 0.5) is 0 Å². The van der Waals surface area contributed by atoms with Gasteiger partial charge in [-0.1, -0.05) is 33.0 Å². The van der Waals surface area contributed by atoms with Crippen molar-refractivity contribution in [2.45, 2.75) is 39.7 Å². The molecule has 0 fully saturated rings. The van der Waals surface area contributed by atoms with Crippen LogP contribution in [0.15, 0.2) is 0 Å². The zero-order chi connectivity index (χ0) is 13.6. The molecule has 0 radical (unpaired) electrons. The summed E-state index contributed by atoms with van der Waals surface area (Å²) in [5, 5.41) is 5.68. The molecule has 0 unspecified atom stereocenters. The van der Waals surface area contributed by atoms with Crippen molar-refractivity contribution in [3.63, 3.8) is 0 Å². The topological polar surface area (TPSA) is 84.2 Å². The molecule has 0 rings (SSSR count). The van der Waals surface area contributed by atoms with E-state index >= 15 is 0 Å². The molecular formula is C11H21N3O2S. The first-order valence-electron chi connectivity index (χ1n) is 5.47. The van der Waals surface area contributed by atoms with Crippen LogP contribution in [-0.2, 0) is 9.59 Å². The van der Waals surface area contributed by atoms with Gasteiger partial charge in [-0.2, -0.15) is 0 Å². The zero-order valence-corrected chi connectivity index (χ0v) is 11.6. The number of carbonyl (C=O) groups is 2. The summed E-state index contributed by atoms with van der Waals surface area (Å²) in [5.41, 5.74) is 4.79. The monoisotopic (exact) mass is 259 g/mol. The highest BCUT2D eigenvalue weighted by atomic mass is 32.1. The second-order valence-corrected chi connectivity index (χ2v) is 5.39. The van der Waals surface area contributed by atoms with Crippen LogP contribution in [0.2, 0.25) is 0 Å². The third-order valence-electron chi connectivity index (χ3n) is 2.28. The first-order chi connectivity index (χ1) is 7.68. The molecule has 0 aromatic heterocycles. The lowest BCUT2D eigenvalue weighted by Crippen LogP contribution is -2.52. The first kappa shape index (κ1) is 15.8. The predicted octanol–water partition coefficient (Wildman–Crippen LogP) is 0.330. The van der Waals surface area contributed by atoms with Gasteiger partial charge in [-0.15, -0.1) is 0 Å². The van der Waals surface area contributed by atoms with E-state index in [2.05, 4.69) is 10.6 Å². The van der Waals surface area contributed by atoms with Gasteiger partial charge in [-0.3, -0.25) is 9.59 Å². The van der Waals surface area contributed by atoms with Gasteiger partial charge in [0.2, 0.25) is 11.8 Å². The van der Waals surface area contributed by atoms with Gasteiger partial charge < -0.3 is 16.4 Å². The van der Waals surface area contributed by atoms with E-state index in [9.17, 15) is 9.59 Å². The number of nitrogens with one attached hydrogen (secondary N) is 2. The maximum absolute atomic E-state index is 11.6. The Morgan fingerprint density at radius 1 is 1.29 bits per heavy atom.